The van der Waals surface area contributed by atoms with Gasteiger partial charge < -0.3 is 9.97 Å². The van der Waals surface area contributed by atoms with Gasteiger partial charge in [0, 0.05) is 35.7 Å². The zero-order valence-corrected chi connectivity index (χ0v) is 13.0. The van der Waals surface area contributed by atoms with Gasteiger partial charge in [0.1, 0.15) is 0 Å². The Hall–Kier alpha value is -2.95. The minimum Gasteiger partial charge on any atom is -0.329 e. The molecule has 0 aliphatic carbocycles. The third-order valence-electron chi connectivity index (χ3n) is 3.63. The lowest BCUT2D eigenvalue weighted by molar-refractivity contribution is 0.827. The van der Waals surface area contributed by atoms with Gasteiger partial charge in [-0.1, -0.05) is 19.9 Å². The van der Waals surface area contributed by atoms with Crippen molar-refractivity contribution in [2.45, 2.75) is 19.8 Å². The molecule has 0 amide bonds. The summed E-state index contributed by atoms with van der Waals surface area (Å²) < 4.78 is 0. The third-order valence-corrected chi connectivity index (χ3v) is 3.63. The second-order valence-electron chi connectivity index (χ2n) is 5.67. The molecule has 0 aliphatic rings. The molecule has 0 fully saturated rings. The normalized spacial score (nSPS) is 10.9. The molecule has 3 aromatic heterocycles. The lowest BCUT2D eigenvalue weighted by Gasteiger charge is -2.14. The molecule has 0 unspecified atom stereocenters. The third kappa shape index (κ3) is 3.13. The van der Waals surface area contributed by atoms with Crippen molar-refractivity contribution in [3.63, 3.8) is 0 Å². The number of hydrogen-bond acceptors (Lipinski definition) is 3. The first-order valence-corrected chi connectivity index (χ1v) is 7.44. The smallest absolute Gasteiger partial charge is 0.248 e. The predicted octanol–water partition coefficient (Wildman–Crippen LogP) is 2.92. The maximum atomic E-state index is 11.6. The van der Waals surface area contributed by atoms with Crippen LogP contribution in [0.15, 0.2) is 58.4 Å². The first-order valence-electron chi connectivity index (χ1n) is 7.44. The number of nitrogens with one attached hydrogen (secondary N) is 2. The number of rotatable bonds is 3. The number of nitrogens with zero attached hydrogens (tertiary/aromatic N) is 1. The molecule has 2 N–H and O–H groups in total. The van der Waals surface area contributed by atoms with Gasteiger partial charge in [0.15, 0.2) is 0 Å². The molecule has 5 heteroatoms. The molecule has 23 heavy (non-hydrogen) atoms. The molecule has 0 saturated carbocycles. The fraction of sp³-hybridized carbons (Fsp3) is 0.167. The van der Waals surface area contributed by atoms with Crippen molar-refractivity contribution in [1.29, 1.82) is 0 Å². The summed E-state index contributed by atoms with van der Waals surface area (Å²) in [6.07, 6.45) is 3.24. The Bertz CT molecular complexity index is 954. The highest BCUT2D eigenvalue weighted by Gasteiger charge is 2.13. The fourth-order valence-electron chi connectivity index (χ4n) is 2.54. The molecule has 0 radical (unpaired) electrons. The molecule has 0 saturated heterocycles. The molecular formula is C18H17N3O2. The number of hydrogen-bond donors (Lipinski definition) is 2. The molecule has 116 valence electrons. The predicted molar refractivity (Wildman–Crippen MR) is 90.4 cm³/mol. The first kappa shape index (κ1) is 15.0. The van der Waals surface area contributed by atoms with Crippen molar-refractivity contribution < 1.29 is 0 Å². The van der Waals surface area contributed by atoms with Gasteiger partial charge in [0.25, 0.3) is 0 Å². The topological polar surface area (TPSA) is 78.6 Å². The Kier molecular flexibility index (Phi) is 3.93. The molecule has 0 bridgehead atoms. The molecule has 0 spiro atoms. The van der Waals surface area contributed by atoms with Gasteiger partial charge in [-0.25, -0.2) is 0 Å². The lowest BCUT2D eigenvalue weighted by Crippen LogP contribution is -2.06. The second kappa shape index (κ2) is 6.04. The van der Waals surface area contributed by atoms with Gasteiger partial charge in [0.2, 0.25) is 11.1 Å². The van der Waals surface area contributed by atoms with Crippen LogP contribution in [0, 0.1) is 0 Å². The van der Waals surface area contributed by atoms with E-state index in [-0.39, 0.29) is 17.0 Å². The largest absolute Gasteiger partial charge is 0.329 e. The van der Waals surface area contributed by atoms with E-state index >= 15 is 0 Å². The van der Waals surface area contributed by atoms with Crippen molar-refractivity contribution in [1.82, 2.24) is 15.0 Å². The first-order chi connectivity index (χ1) is 11.0. The molecular weight excluding hydrogens is 290 g/mol. The summed E-state index contributed by atoms with van der Waals surface area (Å²) in [5.74, 6) is 0.186. The number of aromatic amines is 2. The molecule has 0 aromatic carbocycles. The van der Waals surface area contributed by atoms with Gasteiger partial charge in [-0.2, -0.15) is 0 Å². The highest BCUT2D eigenvalue weighted by atomic mass is 16.1. The summed E-state index contributed by atoms with van der Waals surface area (Å²) in [6, 6.07) is 10.6. The van der Waals surface area contributed by atoms with E-state index in [2.05, 4.69) is 23.8 Å². The quantitative estimate of drug-likeness (QED) is 0.781. The molecule has 3 rings (SSSR count). The van der Waals surface area contributed by atoms with Gasteiger partial charge in [-0.05, 0) is 29.7 Å². The van der Waals surface area contributed by atoms with Gasteiger partial charge >= 0.3 is 0 Å². The Balaban J connectivity index is 2.16. The zero-order valence-electron chi connectivity index (χ0n) is 13.0. The fourth-order valence-corrected chi connectivity index (χ4v) is 2.54. The average molecular weight is 307 g/mol. The minimum absolute atomic E-state index is 0.143. The van der Waals surface area contributed by atoms with Crippen LogP contribution in [-0.4, -0.2) is 15.0 Å². The summed E-state index contributed by atoms with van der Waals surface area (Å²) in [5, 5.41) is 0. The highest BCUT2D eigenvalue weighted by Crippen LogP contribution is 2.29. The highest BCUT2D eigenvalue weighted by molar-refractivity contribution is 5.69. The van der Waals surface area contributed by atoms with E-state index in [1.165, 1.54) is 6.07 Å². The van der Waals surface area contributed by atoms with Crippen molar-refractivity contribution in [2.75, 3.05) is 0 Å². The SMILES string of the molecule is CC(C)c1nc(-c2cc[nH]c(=O)c2)ccc1-c1cc[nH]c(=O)c1. The van der Waals surface area contributed by atoms with E-state index in [4.69, 9.17) is 4.98 Å². The Morgan fingerprint density at radius 2 is 1.48 bits per heavy atom. The van der Waals surface area contributed by atoms with Crippen LogP contribution in [0.25, 0.3) is 22.4 Å². The summed E-state index contributed by atoms with van der Waals surface area (Å²) >= 11 is 0. The summed E-state index contributed by atoms with van der Waals surface area (Å²) in [6.45, 7) is 4.11. The van der Waals surface area contributed by atoms with Crippen molar-refractivity contribution in [3.8, 4) is 22.4 Å². The van der Waals surface area contributed by atoms with E-state index in [0.29, 0.717) is 0 Å². The minimum atomic E-state index is -0.158. The van der Waals surface area contributed by atoms with Crippen LogP contribution in [-0.2, 0) is 0 Å². The Morgan fingerprint density at radius 1 is 0.870 bits per heavy atom. The van der Waals surface area contributed by atoms with Crippen LogP contribution in [0.4, 0.5) is 0 Å². The second-order valence-corrected chi connectivity index (χ2v) is 5.67. The molecule has 0 atom stereocenters. The van der Waals surface area contributed by atoms with Crippen LogP contribution in [0.1, 0.15) is 25.5 Å². The Labute approximate surface area is 133 Å². The van der Waals surface area contributed by atoms with Crippen molar-refractivity contribution in [3.05, 3.63) is 75.2 Å². The standard InChI is InChI=1S/C18H17N3O2/c1-11(2)18-14(12-5-7-19-16(22)9-12)3-4-15(21-18)13-6-8-20-17(23)10-13/h3-11H,1-2H3,(H,19,22)(H,20,23). The monoisotopic (exact) mass is 307 g/mol. The number of pyridine rings is 3. The van der Waals surface area contributed by atoms with Crippen LogP contribution in [0.2, 0.25) is 0 Å². The van der Waals surface area contributed by atoms with E-state index in [1.54, 1.807) is 18.5 Å². The van der Waals surface area contributed by atoms with E-state index in [0.717, 1.165) is 28.1 Å². The van der Waals surface area contributed by atoms with Crippen molar-refractivity contribution >= 4 is 0 Å². The van der Waals surface area contributed by atoms with E-state index in [9.17, 15) is 9.59 Å². The zero-order chi connectivity index (χ0) is 16.4. The number of H-pyrrole nitrogens is 2. The molecule has 3 aromatic rings. The van der Waals surface area contributed by atoms with Crippen molar-refractivity contribution in [2.24, 2.45) is 0 Å². The van der Waals surface area contributed by atoms with E-state index in [1.807, 2.05) is 24.3 Å². The van der Waals surface area contributed by atoms with E-state index < -0.39 is 0 Å². The summed E-state index contributed by atoms with van der Waals surface area (Å²) in [7, 11) is 0. The summed E-state index contributed by atoms with van der Waals surface area (Å²) in [4.78, 5) is 33.0. The maximum absolute atomic E-state index is 11.6. The lowest BCUT2D eigenvalue weighted by atomic mass is 9.97. The van der Waals surface area contributed by atoms with Crippen LogP contribution < -0.4 is 11.1 Å². The van der Waals surface area contributed by atoms with Gasteiger partial charge in [-0.3, -0.25) is 14.6 Å². The van der Waals surface area contributed by atoms with Crippen LogP contribution in [0.5, 0.6) is 0 Å². The summed E-state index contributed by atoms with van der Waals surface area (Å²) in [5.41, 5.74) is 3.88. The molecule has 0 aliphatic heterocycles. The number of aromatic nitrogens is 3. The molecule has 3 heterocycles. The van der Waals surface area contributed by atoms with Crippen LogP contribution >= 0.6 is 0 Å². The van der Waals surface area contributed by atoms with Crippen LogP contribution in [0.3, 0.4) is 0 Å². The van der Waals surface area contributed by atoms with Gasteiger partial charge in [0.05, 0.1) is 11.4 Å². The van der Waals surface area contributed by atoms with Gasteiger partial charge in [-0.15, -0.1) is 0 Å². The maximum Gasteiger partial charge on any atom is 0.248 e. The molecule has 5 nitrogen and oxygen atoms in total. The Morgan fingerprint density at radius 3 is 2.09 bits per heavy atom. The average Bonchev–Trinajstić information content (AvgIpc) is 2.54.